The summed E-state index contributed by atoms with van der Waals surface area (Å²) in [6.07, 6.45) is 0. The molecule has 1 aromatic carbocycles. The summed E-state index contributed by atoms with van der Waals surface area (Å²) in [5, 5.41) is 6.77. The number of halogens is 2. The van der Waals surface area contributed by atoms with Crippen LogP contribution in [0, 0.1) is 0 Å². The molecule has 0 bridgehead atoms. The van der Waals surface area contributed by atoms with Gasteiger partial charge in [-0.25, -0.2) is 0 Å². The van der Waals surface area contributed by atoms with Gasteiger partial charge < -0.3 is 15.4 Å². The fourth-order valence-corrected chi connectivity index (χ4v) is 2.84. The number of methoxy groups -OCH3 is 1. The molecule has 1 saturated heterocycles. The van der Waals surface area contributed by atoms with Gasteiger partial charge in [-0.3, -0.25) is 4.79 Å². The number of hydrogen-bond acceptors (Lipinski definition) is 3. The molecule has 98 valence electrons. The second-order valence-electron chi connectivity index (χ2n) is 4.18. The molecule has 0 aromatic heterocycles. The van der Waals surface area contributed by atoms with E-state index in [2.05, 4.69) is 26.6 Å². The van der Waals surface area contributed by atoms with E-state index in [9.17, 15) is 4.79 Å². The number of nitrogens with one attached hydrogen (secondary N) is 2. The average molecular weight is 334 g/mol. The largest absolute Gasteiger partial charge is 0.383 e. The molecule has 1 fully saturated rings. The van der Waals surface area contributed by atoms with E-state index in [1.807, 2.05) is 18.2 Å². The zero-order chi connectivity index (χ0) is 13.1. The van der Waals surface area contributed by atoms with Crippen molar-refractivity contribution < 1.29 is 9.53 Å². The van der Waals surface area contributed by atoms with Gasteiger partial charge in [0.05, 0.1) is 12.6 Å². The van der Waals surface area contributed by atoms with E-state index in [-0.39, 0.29) is 18.0 Å². The molecule has 0 spiro atoms. The molecule has 4 nitrogen and oxygen atoms in total. The molecule has 1 heterocycles. The molecule has 1 aliphatic rings. The lowest BCUT2D eigenvalue weighted by Gasteiger charge is -2.30. The molecule has 1 amide bonds. The maximum atomic E-state index is 11.8. The average Bonchev–Trinajstić information content (AvgIpc) is 2.30. The van der Waals surface area contributed by atoms with Crippen LogP contribution in [0.25, 0.3) is 0 Å². The molecule has 18 heavy (non-hydrogen) atoms. The van der Waals surface area contributed by atoms with E-state index in [0.29, 0.717) is 18.2 Å². The third-order valence-corrected chi connectivity index (χ3v) is 3.50. The second kappa shape index (κ2) is 6.02. The maximum Gasteiger partial charge on any atom is 0.240 e. The predicted octanol–water partition coefficient (Wildman–Crippen LogP) is 1.88. The lowest BCUT2D eigenvalue weighted by atomic mass is 10.0. The highest BCUT2D eigenvalue weighted by Gasteiger charge is 2.28. The Morgan fingerprint density at radius 3 is 2.89 bits per heavy atom. The molecular formula is C12H14BrClN2O2. The highest BCUT2D eigenvalue weighted by Crippen LogP contribution is 2.24. The molecule has 0 radical (unpaired) electrons. The Morgan fingerprint density at radius 1 is 1.50 bits per heavy atom. The number of benzene rings is 1. The summed E-state index contributed by atoms with van der Waals surface area (Å²) < 4.78 is 5.88. The highest BCUT2D eigenvalue weighted by atomic mass is 79.9. The van der Waals surface area contributed by atoms with Crippen LogP contribution in [-0.2, 0) is 9.53 Å². The number of ether oxygens (including phenoxy) is 1. The van der Waals surface area contributed by atoms with Crippen LogP contribution < -0.4 is 10.6 Å². The van der Waals surface area contributed by atoms with Crippen molar-refractivity contribution >= 4 is 33.4 Å². The quantitative estimate of drug-likeness (QED) is 0.888. The van der Waals surface area contributed by atoms with Gasteiger partial charge in [-0.15, -0.1) is 0 Å². The Kier molecular flexibility index (Phi) is 4.61. The van der Waals surface area contributed by atoms with Gasteiger partial charge in [-0.1, -0.05) is 27.5 Å². The summed E-state index contributed by atoms with van der Waals surface area (Å²) in [6.45, 7) is 1.03. The molecular weight excluding hydrogens is 320 g/mol. The summed E-state index contributed by atoms with van der Waals surface area (Å²) in [7, 11) is 1.58. The molecule has 6 heteroatoms. The van der Waals surface area contributed by atoms with Crippen LogP contribution in [0.1, 0.15) is 11.6 Å². The number of piperazine rings is 1. The summed E-state index contributed by atoms with van der Waals surface area (Å²) in [6, 6.07) is 5.27. The Balaban J connectivity index is 2.10. The summed E-state index contributed by atoms with van der Waals surface area (Å²) >= 11 is 9.39. The Hall–Kier alpha value is -0.620. The van der Waals surface area contributed by atoms with Gasteiger partial charge in [0.15, 0.2) is 0 Å². The van der Waals surface area contributed by atoms with Gasteiger partial charge in [0.1, 0.15) is 6.04 Å². The third-order valence-electron chi connectivity index (χ3n) is 2.82. The summed E-state index contributed by atoms with van der Waals surface area (Å²) in [5.41, 5.74) is 0.978. The van der Waals surface area contributed by atoms with Crippen LogP contribution in [0.2, 0.25) is 5.02 Å². The maximum absolute atomic E-state index is 11.8. The van der Waals surface area contributed by atoms with Crippen molar-refractivity contribution in [2.75, 3.05) is 20.3 Å². The van der Waals surface area contributed by atoms with Gasteiger partial charge >= 0.3 is 0 Å². The van der Waals surface area contributed by atoms with Crippen molar-refractivity contribution in [2.45, 2.75) is 12.1 Å². The van der Waals surface area contributed by atoms with Crippen molar-refractivity contribution in [2.24, 2.45) is 0 Å². The fraction of sp³-hybridized carbons (Fsp3) is 0.417. The second-order valence-corrected chi connectivity index (χ2v) is 5.53. The van der Waals surface area contributed by atoms with Gasteiger partial charge in [-0.2, -0.15) is 0 Å². The molecule has 1 unspecified atom stereocenters. The molecule has 2 rings (SSSR count). The first kappa shape index (κ1) is 13.8. The fourth-order valence-electron chi connectivity index (χ4n) is 1.95. The molecule has 0 aliphatic carbocycles. The Morgan fingerprint density at radius 2 is 2.28 bits per heavy atom. The van der Waals surface area contributed by atoms with Crippen LogP contribution in [0.15, 0.2) is 22.7 Å². The van der Waals surface area contributed by atoms with Crippen LogP contribution in [0.5, 0.6) is 0 Å². The topological polar surface area (TPSA) is 50.4 Å². The molecule has 1 aliphatic heterocycles. The monoisotopic (exact) mass is 332 g/mol. The Labute approximate surface area is 119 Å². The number of carbonyl (C=O) groups excluding carboxylic acids is 1. The van der Waals surface area contributed by atoms with Crippen LogP contribution in [0.4, 0.5) is 0 Å². The van der Waals surface area contributed by atoms with E-state index in [1.54, 1.807) is 7.11 Å². The van der Waals surface area contributed by atoms with E-state index < -0.39 is 0 Å². The minimum absolute atomic E-state index is 0.0517. The first-order chi connectivity index (χ1) is 8.60. The van der Waals surface area contributed by atoms with Crippen LogP contribution >= 0.6 is 27.5 Å². The normalized spacial score (nSPS) is 23.8. The van der Waals surface area contributed by atoms with Gasteiger partial charge in [0.25, 0.3) is 0 Å². The zero-order valence-corrected chi connectivity index (χ0v) is 12.2. The lowest BCUT2D eigenvalue weighted by molar-refractivity contribution is -0.126. The summed E-state index contributed by atoms with van der Waals surface area (Å²) in [4.78, 5) is 11.8. The lowest BCUT2D eigenvalue weighted by Crippen LogP contribution is -2.56. The van der Waals surface area contributed by atoms with Crippen LogP contribution in [-0.4, -0.2) is 32.2 Å². The van der Waals surface area contributed by atoms with Gasteiger partial charge in [0, 0.05) is 23.1 Å². The first-order valence-corrected chi connectivity index (χ1v) is 6.76. The number of hydrogen-bond donors (Lipinski definition) is 2. The minimum atomic E-state index is -0.283. The van der Waals surface area contributed by atoms with E-state index in [1.165, 1.54) is 0 Å². The number of carbonyl (C=O) groups is 1. The van der Waals surface area contributed by atoms with E-state index in [0.717, 1.165) is 10.0 Å². The van der Waals surface area contributed by atoms with E-state index >= 15 is 0 Å². The standard InChI is InChI=1S/C12H14BrClN2O2/c1-18-6-11-12(17)16-10(5-15-11)7-2-8(13)4-9(14)3-7/h2-4,10-11,15H,5-6H2,1H3,(H,16,17)/t10-,11?/m0/s1. The van der Waals surface area contributed by atoms with Crippen molar-refractivity contribution in [1.82, 2.24) is 10.6 Å². The van der Waals surface area contributed by atoms with Crippen molar-refractivity contribution in [3.05, 3.63) is 33.3 Å². The predicted molar refractivity (Wildman–Crippen MR) is 73.7 cm³/mol. The highest BCUT2D eigenvalue weighted by molar-refractivity contribution is 9.10. The molecule has 2 N–H and O–H groups in total. The minimum Gasteiger partial charge on any atom is -0.383 e. The van der Waals surface area contributed by atoms with E-state index in [4.69, 9.17) is 16.3 Å². The third kappa shape index (κ3) is 3.23. The molecule has 0 saturated carbocycles. The summed E-state index contributed by atoms with van der Waals surface area (Å²) in [5.74, 6) is -0.0517. The van der Waals surface area contributed by atoms with Crippen LogP contribution in [0.3, 0.4) is 0 Å². The number of amides is 1. The molecule has 1 aromatic rings. The Bertz CT molecular complexity index is 435. The van der Waals surface area contributed by atoms with Crippen molar-refractivity contribution in [1.29, 1.82) is 0 Å². The molecule has 2 atom stereocenters. The van der Waals surface area contributed by atoms with Gasteiger partial charge in [-0.05, 0) is 23.8 Å². The van der Waals surface area contributed by atoms with Crippen molar-refractivity contribution in [3.8, 4) is 0 Å². The smallest absolute Gasteiger partial charge is 0.240 e. The SMILES string of the molecule is COCC1NC[C@@H](c2cc(Cl)cc(Br)c2)NC1=O. The van der Waals surface area contributed by atoms with Gasteiger partial charge in [0.2, 0.25) is 5.91 Å². The van der Waals surface area contributed by atoms with Crippen molar-refractivity contribution in [3.63, 3.8) is 0 Å². The number of rotatable bonds is 3. The first-order valence-electron chi connectivity index (χ1n) is 5.59. The zero-order valence-electron chi connectivity index (χ0n) is 9.87.